The average Bonchev–Trinajstić information content (AvgIpc) is 2.69. The van der Waals surface area contributed by atoms with Gasteiger partial charge in [-0.2, -0.15) is 9.35 Å². The number of fused-ring (bicyclic) bond motifs is 2. The van der Waals surface area contributed by atoms with Gasteiger partial charge in [-0.05, 0) is 33.6 Å². The number of amides is 4. The molecule has 0 saturated carbocycles. The molecule has 0 aromatic rings. The minimum atomic E-state index is -5.11. The van der Waals surface area contributed by atoms with Crippen LogP contribution < -0.4 is 35.0 Å². The minimum absolute atomic E-state index is 0. The van der Waals surface area contributed by atoms with Gasteiger partial charge in [-0.15, -0.1) is 0 Å². The summed E-state index contributed by atoms with van der Waals surface area (Å²) in [6.07, 6.45) is -0.315. The Morgan fingerprint density at radius 1 is 1.30 bits per heavy atom. The molecule has 1 N–H and O–H groups in total. The number of nitrogens with one attached hydrogen (secondary N) is 1. The zero-order valence-electron chi connectivity index (χ0n) is 15.8. The zero-order chi connectivity index (χ0) is 19.9. The summed E-state index contributed by atoms with van der Waals surface area (Å²) in [6.45, 7) is 5.04. The van der Waals surface area contributed by atoms with Crippen LogP contribution >= 0.6 is 0 Å². The van der Waals surface area contributed by atoms with Crippen molar-refractivity contribution in [1.29, 1.82) is 0 Å². The first-order valence-corrected chi connectivity index (χ1v) is 9.14. The van der Waals surface area contributed by atoms with Gasteiger partial charge in [0.2, 0.25) is 10.4 Å². The molecule has 2 rings (SSSR count). The second-order valence-electron chi connectivity index (χ2n) is 7.01. The maximum absolute atomic E-state index is 12.4. The van der Waals surface area contributed by atoms with Crippen LogP contribution in [-0.2, 0) is 24.2 Å². The number of urea groups is 1. The quantitative estimate of drug-likeness (QED) is 0.216. The normalized spacial score (nSPS) is 22.2. The number of piperidine rings is 1. The van der Waals surface area contributed by atoms with Crippen molar-refractivity contribution < 1.29 is 65.9 Å². The molecule has 0 aromatic carbocycles. The molecule has 2 aliphatic heterocycles. The van der Waals surface area contributed by atoms with Crippen LogP contribution in [-0.4, -0.2) is 77.3 Å². The number of hydrogen-bond acceptors (Lipinski definition) is 8. The predicted molar refractivity (Wildman–Crippen MR) is 83.7 cm³/mol. The molecule has 2 bridgehead atoms. The minimum Gasteiger partial charge on any atom is -0.724 e. The third-order valence-electron chi connectivity index (χ3n) is 3.74. The molecule has 2 aliphatic rings. The summed E-state index contributed by atoms with van der Waals surface area (Å²) in [5.74, 6) is -0.642. The SMILES string of the molecule is CN(NC(=O)C1CCC2CN1C(=O)N2OS(=O)(=O)[O-])C(=O)OC(C)(C)C.[Na+]. The Morgan fingerprint density at radius 2 is 1.89 bits per heavy atom. The summed E-state index contributed by atoms with van der Waals surface area (Å²) in [5, 5.41) is 1.34. The maximum atomic E-state index is 12.4. The molecule has 0 radical (unpaired) electrons. The zero-order valence-corrected chi connectivity index (χ0v) is 18.6. The van der Waals surface area contributed by atoms with Crippen molar-refractivity contribution in [2.24, 2.45) is 0 Å². The van der Waals surface area contributed by atoms with E-state index in [4.69, 9.17) is 4.74 Å². The maximum Gasteiger partial charge on any atom is 1.00 e. The molecule has 0 aromatic heterocycles. The van der Waals surface area contributed by atoms with Crippen molar-refractivity contribution in [2.45, 2.75) is 51.3 Å². The molecule has 27 heavy (non-hydrogen) atoms. The van der Waals surface area contributed by atoms with E-state index >= 15 is 0 Å². The van der Waals surface area contributed by atoms with Gasteiger partial charge in [0.05, 0.1) is 6.04 Å². The molecule has 0 spiro atoms. The Balaban J connectivity index is 0.00000364. The van der Waals surface area contributed by atoms with E-state index in [-0.39, 0.29) is 48.9 Å². The Labute approximate surface area is 179 Å². The van der Waals surface area contributed by atoms with Crippen molar-refractivity contribution in [3.63, 3.8) is 0 Å². The Morgan fingerprint density at radius 3 is 2.41 bits per heavy atom. The Bertz CT molecular complexity index is 710. The van der Waals surface area contributed by atoms with Crippen LogP contribution in [0, 0.1) is 0 Å². The molecule has 4 amide bonds. The van der Waals surface area contributed by atoms with Gasteiger partial charge in [-0.3, -0.25) is 10.2 Å². The first-order chi connectivity index (χ1) is 11.8. The number of ether oxygens (including phenoxy) is 1. The first kappa shape index (κ1) is 23.9. The van der Waals surface area contributed by atoms with Crippen molar-refractivity contribution in [2.75, 3.05) is 13.6 Å². The van der Waals surface area contributed by atoms with Crippen LogP contribution in [0.25, 0.3) is 0 Å². The molecule has 2 saturated heterocycles. The Kier molecular flexibility index (Phi) is 7.52. The predicted octanol–water partition coefficient (Wildman–Crippen LogP) is -3.45. The smallest absolute Gasteiger partial charge is 0.724 e. The van der Waals surface area contributed by atoms with Crippen molar-refractivity contribution >= 4 is 28.4 Å². The van der Waals surface area contributed by atoms with E-state index in [0.717, 1.165) is 9.91 Å². The molecule has 2 unspecified atom stereocenters. The number of hydrazine groups is 1. The van der Waals surface area contributed by atoms with E-state index < -0.39 is 46.1 Å². The first-order valence-electron chi connectivity index (χ1n) is 7.81. The molecule has 0 aliphatic carbocycles. The molecule has 148 valence electrons. The van der Waals surface area contributed by atoms with Gasteiger partial charge in [0.25, 0.3) is 5.91 Å². The van der Waals surface area contributed by atoms with Crippen molar-refractivity contribution in [3.05, 3.63) is 0 Å². The monoisotopic (exact) mass is 416 g/mol. The van der Waals surface area contributed by atoms with Crippen LogP contribution in [0.1, 0.15) is 33.6 Å². The summed E-state index contributed by atoms with van der Waals surface area (Å²) in [6, 6.07) is -2.47. The van der Waals surface area contributed by atoms with Crippen molar-refractivity contribution in [1.82, 2.24) is 20.4 Å². The summed E-state index contributed by atoms with van der Waals surface area (Å²) >= 11 is 0. The number of hydroxylamine groups is 2. The van der Waals surface area contributed by atoms with Crippen LogP contribution in [0.5, 0.6) is 0 Å². The van der Waals surface area contributed by atoms with Gasteiger partial charge in [0, 0.05) is 13.6 Å². The summed E-state index contributed by atoms with van der Waals surface area (Å²) in [7, 11) is -3.81. The van der Waals surface area contributed by atoms with Crippen LogP contribution in [0.2, 0.25) is 0 Å². The number of carbonyl (C=O) groups is 3. The fourth-order valence-electron chi connectivity index (χ4n) is 2.72. The van der Waals surface area contributed by atoms with Gasteiger partial charge < -0.3 is 14.2 Å². The van der Waals surface area contributed by atoms with Crippen LogP contribution in [0.15, 0.2) is 0 Å². The van der Waals surface area contributed by atoms with E-state index in [9.17, 15) is 27.4 Å². The second-order valence-corrected chi connectivity index (χ2v) is 7.97. The van der Waals surface area contributed by atoms with Gasteiger partial charge in [0.15, 0.2) is 0 Å². The standard InChI is InChI=1S/C13H22N4O8S.Na/c1-13(2,3)24-12(20)15(4)14-10(18)9-6-5-8-7-16(9)11(19)17(8)25-26(21,22)23;/h8-9H,5-7H2,1-4H3,(H,14,18)(H,21,22,23);/q;+1/p-1. The van der Waals surface area contributed by atoms with Crippen LogP contribution in [0.3, 0.4) is 0 Å². The summed E-state index contributed by atoms with van der Waals surface area (Å²) in [4.78, 5) is 37.6. The van der Waals surface area contributed by atoms with Gasteiger partial charge in [-0.1, -0.05) is 0 Å². The topological polar surface area (TPSA) is 149 Å². The van der Waals surface area contributed by atoms with Crippen molar-refractivity contribution in [3.8, 4) is 0 Å². The largest absolute Gasteiger partial charge is 1.00 e. The van der Waals surface area contributed by atoms with E-state index in [1.54, 1.807) is 20.8 Å². The third kappa shape index (κ3) is 6.19. The van der Waals surface area contributed by atoms with Gasteiger partial charge in [0.1, 0.15) is 11.6 Å². The fraction of sp³-hybridized carbons (Fsp3) is 0.769. The van der Waals surface area contributed by atoms with Gasteiger partial charge in [-0.25, -0.2) is 23.0 Å². The van der Waals surface area contributed by atoms with Gasteiger partial charge >= 0.3 is 41.7 Å². The number of hydrogen-bond donors (Lipinski definition) is 1. The number of nitrogens with zero attached hydrogens (tertiary/aromatic N) is 3. The third-order valence-corrected chi connectivity index (χ3v) is 4.09. The number of rotatable bonds is 3. The van der Waals surface area contributed by atoms with E-state index in [0.29, 0.717) is 5.06 Å². The fourth-order valence-corrected chi connectivity index (χ4v) is 3.10. The molecule has 2 heterocycles. The Hall–Kier alpha value is -1.12. The molecule has 2 fully saturated rings. The van der Waals surface area contributed by atoms with E-state index in [1.807, 2.05) is 0 Å². The molecule has 12 nitrogen and oxygen atoms in total. The molecule has 2 atom stereocenters. The van der Waals surface area contributed by atoms with E-state index in [2.05, 4.69) is 9.71 Å². The average molecular weight is 416 g/mol. The number of carbonyl (C=O) groups excluding carboxylic acids is 3. The summed E-state index contributed by atoms with van der Waals surface area (Å²) < 4.78 is 41.5. The molecular formula is C13H21N4NaO8S. The molecule has 14 heteroatoms. The van der Waals surface area contributed by atoms with Crippen LogP contribution in [0.4, 0.5) is 9.59 Å². The summed E-state index contributed by atoms with van der Waals surface area (Å²) in [5.41, 5.74) is 1.58. The second kappa shape index (κ2) is 8.49. The van der Waals surface area contributed by atoms with E-state index in [1.165, 1.54) is 7.05 Å². The molecular weight excluding hydrogens is 395 g/mol.